The number of halogens is 2. The van der Waals surface area contributed by atoms with Crippen molar-refractivity contribution in [1.82, 2.24) is 9.97 Å². The van der Waals surface area contributed by atoms with Gasteiger partial charge in [0.2, 0.25) is 0 Å². The number of amides is 3. The van der Waals surface area contributed by atoms with Crippen LogP contribution < -0.4 is 40.6 Å². The zero-order valence-corrected chi connectivity index (χ0v) is 22.4. The van der Waals surface area contributed by atoms with Gasteiger partial charge >= 0.3 is 6.03 Å². The highest BCUT2D eigenvalue weighted by Gasteiger charge is 2.22. The number of nitrogens with zero attached hydrogens (tertiary/aromatic N) is 4. The summed E-state index contributed by atoms with van der Waals surface area (Å²) in [6.07, 6.45) is 2.33. The van der Waals surface area contributed by atoms with Gasteiger partial charge in [-0.2, -0.15) is 0 Å². The second-order valence-electron chi connectivity index (χ2n) is 7.43. The first-order valence-corrected chi connectivity index (χ1v) is 11.5. The lowest BCUT2D eigenvalue weighted by molar-refractivity contribution is -0.114. The van der Waals surface area contributed by atoms with Crippen molar-refractivity contribution >= 4 is 63.8 Å². The smallest absolute Gasteiger partial charge is 0.327 e. The number of carbonyl (C=O) groups excluding carboxylic acids is 2. The Morgan fingerprint density at radius 2 is 1.63 bits per heavy atom. The SMILES string of the molecule is C=CC(=O)N(N)c1cccc(OC)c1Nc1cc(N(C)C(=O)Nc2c(Cl)c(OC)cc(OC)c2Cl)ncn1. The van der Waals surface area contributed by atoms with Gasteiger partial charge in [0.1, 0.15) is 50.9 Å². The van der Waals surface area contributed by atoms with Gasteiger partial charge in [0, 0.05) is 19.2 Å². The Bertz CT molecular complexity index is 1340. The van der Waals surface area contributed by atoms with Crippen LogP contribution in [0.4, 0.5) is 33.5 Å². The Kier molecular flexibility index (Phi) is 9.18. The predicted octanol–water partition coefficient (Wildman–Crippen LogP) is 4.61. The van der Waals surface area contributed by atoms with Crippen molar-refractivity contribution in [3.8, 4) is 17.2 Å². The number of benzene rings is 2. The topological polar surface area (TPSA) is 144 Å². The van der Waals surface area contributed by atoms with Crippen LogP contribution in [-0.4, -0.2) is 50.3 Å². The maximum Gasteiger partial charge on any atom is 0.327 e. The molecule has 0 aliphatic rings. The molecule has 14 heteroatoms. The Balaban J connectivity index is 1.91. The number of aromatic nitrogens is 2. The van der Waals surface area contributed by atoms with Gasteiger partial charge in [-0.3, -0.25) is 9.69 Å². The van der Waals surface area contributed by atoms with Crippen LogP contribution in [0.3, 0.4) is 0 Å². The molecule has 1 aromatic heterocycles. The van der Waals surface area contributed by atoms with E-state index in [0.717, 1.165) is 11.1 Å². The molecular weight excluding hydrogens is 537 g/mol. The molecule has 0 unspecified atom stereocenters. The van der Waals surface area contributed by atoms with Crippen molar-refractivity contribution in [3.05, 3.63) is 59.4 Å². The van der Waals surface area contributed by atoms with Gasteiger partial charge in [-0.15, -0.1) is 0 Å². The van der Waals surface area contributed by atoms with Gasteiger partial charge < -0.3 is 24.8 Å². The van der Waals surface area contributed by atoms with Gasteiger partial charge in [-0.1, -0.05) is 35.8 Å². The Morgan fingerprint density at radius 1 is 1.00 bits per heavy atom. The molecular formula is C24H25Cl2N7O5. The minimum atomic E-state index is -0.614. The fourth-order valence-corrected chi connectivity index (χ4v) is 3.85. The van der Waals surface area contributed by atoms with Gasteiger partial charge in [-0.05, 0) is 18.2 Å². The molecule has 1 heterocycles. The molecule has 0 atom stereocenters. The molecule has 200 valence electrons. The summed E-state index contributed by atoms with van der Waals surface area (Å²) in [4.78, 5) is 34.8. The number of carbonyl (C=O) groups is 2. The Labute approximate surface area is 228 Å². The third-order valence-corrected chi connectivity index (χ3v) is 6.01. The van der Waals surface area contributed by atoms with E-state index >= 15 is 0 Å². The minimum absolute atomic E-state index is 0.0919. The third-order valence-electron chi connectivity index (χ3n) is 5.26. The van der Waals surface area contributed by atoms with Crippen LogP contribution in [-0.2, 0) is 4.79 Å². The van der Waals surface area contributed by atoms with Gasteiger partial charge in [-0.25, -0.2) is 25.6 Å². The summed E-state index contributed by atoms with van der Waals surface area (Å²) in [5.41, 5.74) is 0.755. The Hall–Kier alpha value is -4.26. The molecule has 0 saturated heterocycles. The van der Waals surface area contributed by atoms with Crippen molar-refractivity contribution in [2.45, 2.75) is 0 Å². The normalized spacial score (nSPS) is 10.3. The van der Waals surface area contributed by atoms with E-state index in [4.69, 9.17) is 43.3 Å². The van der Waals surface area contributed by atoms with Crippen LogP contribution >= 0.6 is 23.2 Å². The van der Waals surface area contributed by atoms with Gasteiger partial charge in [0.25, 0.3) is 5.91 Å². The van der Waals surface area contributed by atoms with Crippen molar-refractivity contribution in [3.63, 3.8) is 0 Å². The van der Waals surface area contributed by atoms with Crippen LogP contribution in [0.2, 0.25) is 10.0 Å². The van der Waals surface area contributed by atoms with Crippen molar-refractivity contribution in [2.75, 3.05) is 48.9 Å². The van der Waals surface area contributed by atoms with E-state index in [1.54, 1.807) is 18.2 Å². The monoisotopic (exact) mass is 561 g/mol. The maximum absolute atomic E-state index is 13.1. The maximum atomic E-state index is 13.1. The molecule has 0 saturated carbocycles. The molecule has 0 fully saturated rings. The first kappa shape index (κ1) is 28.3. The van der Waals surface area contributed by atoms with E-state index in [-0.39, 0.29) is 38.9 Å². The van der Waals surface area contributed by atoms with E-state index in [9.17, 15) is 9.59 Å². The standard InChI is InChI=1S/C24H25Cl2N7O5/c1-6-19(34)33(27)13-8-7-9-14(36-3)22(13)30-17-11-18(29-12-28-17)32(2)24(35)31-23-20(25)15(37-4)10-16(38-5)21(23)26/h6-12H,1,27H2,2-5H3,(H,31,35)(H,28,29,30). The molecule has 38 heavy (non-hydrogen) atoms. The van der Waals surface area contributed by atoms with Crippen LogP contribution in [0.1, 0.15) is 0 Å². The number of para-hydroxylation sites is 1. The highest BCUT2D eigenvalue weighted by atomic mass is 35.5. The quantitative estimate of drug-likeness (QED) is 0.147. The number of urea groups is 1. The molecule has 3 rings (SSSR count). The average molecular weight is 562 g/mol. The minimum Gasteiger partial charge on any atom is -0.495 e. The van der Waals surface area contributed by atoms with Crippen LogP contribution in [0.5, 0.6) is 17.2 Å². The molecule has 3 aromatic rings. The fourth-order valence-electron chi connectivity index (χ4n) is 3.25. The fraction of sp³-hybridized carbons (Fsp3) is 0.167. The van der Waals surface area contributed by atoms with E-state index in [2.05, 4.69) is 27.2 Å². The highest BCUT2D eigenvalue weighted by molar-refractivity contribution is 6.41. The summed E-state index contributed by atoms with van der Waals surface area (Å²) >= 11 is 12.7. The molecule has 12 nitrogen and oxygen atoms in total. The molecule has 4 N–H and O–H groups in total. The van der Waals surface area contributed by atoms with Crippen molar-refractivity contribution in [2.24, 2.45) is 5.84 Å². The van der Waals surface area contributed by atoms with Crippen molar-refractivity contribution in [1.29, 1.82) is 0 Å². The molecule has 0 bridgehead atoms. The number of hydrogen-bond donors (Lipinski definition) is 3. The second-order valence-corrected chi connectivity index (χ2v) is 8.18. The van der Waals surface area contributed by atoms with Crippen molar-refractivity contribution < 1.29 is 23.8 Å². The molecule has 0 spiro atoms. The average Bonchev–Trinajstić information content (AvgIpc) is 2.94. The highest BCUT2D eigenvalue weighted by Crippen LogP contribution is 2.44. The second kappa shape index (κ2) is 12.3. The lowest BCUT2D eigenvalue weighted by Crippen LogP contribution is -2.36. The van der Waals surface area contributed by atoms with Crippen LogP contribution in [0.25, 0.3) is 0 Å². The largest absolute Gasteiger partial charge is 0.495 e. The first-order chi connectivity index (χ1) is 18.2. The molecule has 2 aromatic carbocycles. The zero-order chi connectivity index (χ0) is 28.0. The number of hydrazine groups is 1. The first-order valence-electron chi connectivity index (χ1n) is 10.8. The predicted molar refractivity (Wildman–Crippen MR) is 147 cm³/mol. The lowest BCUT2D eigenvalue weighted by atomic mass is 10.2. The number of rotatable bonds is 9. The molecule has 0 radical (unpaired) electrons. The lowest BCUT2D eigenvalue weighted by Gasteiger charge is -2.22. The summed E-state index contributed by atoms with van der Waals surface area (Å²) in [6, 6.07) is 7.35. The number of hydrogen-bond acceptors (Lipinski definition) is 9. The van der Waals surface area contributed by atoms with E-state index in [1.807, 2.05) is 0 Å². The number of methoxy groups -OCH3 is 3. The number of nitrogens with one attached hydrogen (secondary N) is 2. The van der Waals surface area contributed by atoms with Crippen LogP contribution in [0.15, 0.2) is 49.3 Å². The number of nitrogens with two attached hydrogens (primary N) is 1. The number of anilines is 5. The summed E-state index contributed by atoms with van der Waals surface area (Å²) in [6.45, 7) is 3.45. The third kappa shape index (κ3) is 5.83. The van der Waals surface area contributed by atoms with Gasteiger partial charge in [0.05, 0.1) is 32.7 Å². The van der Waals surface area contributed by atoms with Crippen LogP contribution in [0, 0.1) is 0 Å². The zero-order valence-electron chi connectivity index (χ0n) is 20.9. The molecule has 0 aliphatic carbocycles. The summed E-state index contributed by atoms with van der Waals surface area (Å²) in [5.74, 6) is 6.83. The number of ether oxygens (including phenoxy) is 3. The van der Waals surface area contributed by atoms with E-state index < -0.39 is 11.9 Å². The Morgan fingerprint density at radius 3 is 2.21 bits per heavy atom. The van der Waals surface area contributed by atoms with E-state index in [1.165, 1.54) is 51.7 Å². The molecule has 0 aliphatic heterocycles. The molecule has 3 amide bonds. The van der Waals surface area contributed by atoms with Gasteiger partial charge in [0.15, 0.2) is 0 Å². The summed E-state index contributed by atoms with van der Waals surface area (Å²) < 4.78 is 15.9. The summed E-state index contributed by atoms with van der Waals surface area (Å²) in [7, 11) is 5.80. The van der Waals surface area contributed by atoms with E-state index in [0.29, 0.717) is 17.1 Å². The summed E-state index contributed by atoms with van der Waals surface area (Å²) in [5, 5.41) is 6.81.